The van der Waals surface area contributed by atoms with Gasteiger partial charge >= 0.3 is 6.03 Å². The highest BCUT2D eigenvalue weighted by atomic mass is 32.1. The zero-order valence-corrected chi connectivity index (χ0v) is 10.3. The fourth-order valence-electron chi connectivity index (χ4n) is 1.32. The Kier molecular flexibility index (Phi) is 4.02. The SMILES string of the molecule is NCC#Cc1csc(CNC(=O)NC2CC2)c1. The van der Waals surface area contributed by atoms with Crippen molar-refractivity contribution in [1.29, 1.82) is 0 Å². The van der Waals surface area contributed by atoms with Gasteiger partial charge in [-0.25, -0.2) is 4.79 Å². The van der Waals surface area contributed by atoms with E-state index in [0.29, 0.717) is 19.1 Å². The first-order valence-electron chi connectivity index (χ1n) is 5.58. The second-order valence-electron chi connectivity index (χ2n) is 3.91. The Labute approximate surface area is 105 Å². The van der Waals surface area contributed by atoms with E-state index in [0.717, 1.165) is 23.3 Å². The van der Waals surface area contributed by atoms with Crippen molar-refractivity contribution in [3.05, 3.63) is 21.9 Å². The number of thiophene rings is 1. The third-order valence-corrected chi connectivity index (χ3v) is 3.26. The Balaban J connectivity index is 1.77. The van der Waals surface area contributed by atoms with Gasteiger partial charge in [0.25, 0.3) is 0 Å². The lowest BCUT2D eigenvalue weighted by molar-refractivity contribution is 0.240. The average Bonchev–Trinajstić information content (AvgIpc) is 3.01. The molecule has 0 unspecified atom stereocenters. The summed E-state index contributed by atoms with van der Waals surface area (Å²) in [4.78, 5) is 12.5. The van der Waals surface area contributed by atoms with Crippen molar-refractivity contribution in [2.24, 2.45) is 5.73 Å². The molecule has 1 aliphatic carbocycles. The van der Waals surface area contributed by atoms with E-state index in [4.69, 9.17) is 5.73 Å². The predicted molar refractivity (Wildman–Crippen MR) is 68.6 cm³/mol. The van der Waals surface area contributed by atoms with Crippen LogP contribution in [0.2, 0.25) is 0 Å². The smallest absolute Gasteiger partial charge is 0.315 e. The van der Waals surface area contributed by atoms with E-state index in [2.05, 4.69) is 22.5 Å². The lowest BCUT2D eigenvalue weighted by Crippen LogP contribution is -2.36. The zero-order valence-electron chi connectivity index (χ0n) is 9.45. The Bertz CT molecular complexity index is 454. The molecule has 1 aliphatic rings. The first-order chi connectivity index (χ1) is 8.28. The second kappa shape index (κ2) is 5.71. The Morgan fingerprint density at radius 1 is 1.59 bits per heavy atom. The molecular weight excluding hydrogens is 234 g/mol. The molecule has 2 rings (SSSR count). The molecule has 0 saturated heterocycles. The van der Waals surface area contributed by atoms with Gasteiger partial charge in [-0.3, -0.25) is 0 Å². The molecule has 1 fully saturated rings. The van der Waals surface area contributed by atoms with Crippen LogP contribution in [0, 0.1) is 11.8 Å². The van der Waals surface area contributed by atoms with Crippen LogP contribution in [0.4, 0.5) is 4.79 Å². The summed E-state index contributed by atoms with van der Waals surface area (Å²) >= 11 is 1.59. The maximum absolute atomic E-state index is 11.4. The van der Waals surface area contributed by atoms with E-state index in [1.165, 1.54) is 0 Å². The molecule has 1 saturated carbocycles. The highest BCUT2D eigenvalue weighted by Crippen LogP contribution is 2.18. The summed E-state index contributed by atoms with van der Waals surface area (Å²) in [6, 6.07) is 2.28. The number of rotatable bonds is 3. The third kappa shape index (κ3) is 4.10. The van der Waals surface area contributed by atoms with Crippen LogP contribution < -0.4 is 16.4 Å². The molecule has 0 aromatic carbocycles. The molecule has 5 heteroatoms. The lowest BCUT2D eigenvalue weighted by atomic mass is 10.3. The molecule has 1 heterocycles. The highest BCUT2D eigenvalue weighted by molar-refractivity contribution is 7.10. The van der Waals surface area contributed by atoms with Gasteiger partial charge in [-0.05, 0) is 18.9 Å². The molecule has 1 aromatic rings. The summed E-state index contributed by atoms with van der Waals surface area (Å²) in [5.74, 6) is 5.76. The quantitative estimate of drug-likeness (QED) is 0.700. The van der Waals surface area contributed by atoms with Crippen LogP contribution in [0.25, 0.3) is 0 Å². The van der Waals surface area contributed by atoms with Crippen molar-refractivity contribution in [3.8, 4) is 11.8 Å². The molecule has 2 amide bonds. The van der Waals surface area contributed by atoms with E-state index in [-0.39, 0.29) is 6.03 Å². The number of hydrogen-bond acceptors (Lipinski definition) is 3. The van der Waals surface area contributed by atoms with Gasteiger partial charge in [0.15, 0.2) is 0 Å². The van der Waals surface area contributed by atoms with Crippen LogP contribution >= 0.6 is 11.3 Å². The number of nitrogens with one attached hydrogen (secondary N) is 2. The van der Waals surface area contributed by atoms with Gasteiger partial charge in [0.05, 0.1) is 13.1 Å². The number of nitrogens with two attached hydrogens (primary N) is 1. The van der Waals surface area contributed by atoms with E-state index in [9.17, 15) is 4.79 Å². The maximum atomic E-state index is 11.4. The lowest BCUT2D eigenvalue weighted by Gasteiger charge is -2.04. The fourth-order valence-corrected chi connectivity index (χ4v) is 2.08. The van der Waals surface area contributed by atoms with Crippen molar-refractivity contribution < 1.29 is 4.79 Å². The molecule has 90 valence electrons. The normalized spacial score (nSPS) is 13.7. The summed E-state index contributed by atoms with van der Waals surface area (Å²) in [5, 5.41) is 7.67. The fraction of sp³-hybridized carbons (Fsp3) is 0.417. The van der Waals surface area contributed by atoms with E-state index >= 15 is 0 Å². The minimum absolute atomic E-state index is 0.0875. The van der Waals surface area contributed by atoms with Crippen LogP contribution in [0.15, 0.2) is 11.4 Å². The molecule has 1 aromatic heterocycles. The Morgan fingerprint density at radius 2 is 2.41 bits per heavy atom. The summed E-state index contributed by atoms with van der Waals surface area (Å²) in [7, 11) is 0. The number of hydrogen-bond donors (Lipinski definition) is 3. The number of carbonyl (C=O) groups excluding carboxylic acids is 1. The monoisotopic (exact) mass is 249 g/mol. The molecule has 0 bridgehead atoms. The van der Waals surface area contributed by atoms with E-state index in [1.54, 1.807) is 11.3 Å². The van der Waals surface area contributed by atoms with Gasteiger partial charge in [-0.15, -0.1) is 11.3 Å². The van der Waals surface area contributed by atoms with Crippen LogP contribution in [0.3, 0.4) is 0 Å². The summed E-state index contributed by atoms with van der Waals surface area (Å²) < 4.78 is 0. The molecule has 17 heavy (non-hydrogen) atoms. The average molecular weight is 249 g/mol. The van der Waals surface area contributed by atoms with Crippen LogP contribution in [-0.2, 0) is 6.54 Å². The van der Waals surface area contributed by atoms with Crippen LogP contribution in [-0.4, -0.2) is 18.6 Å². The number of carbonyl (C=O) groups is 1. The van der Waals surface area contributed by atoms with Crippen molar-refractivity contribution in [3.63, 3.8) is 0 Å². The third-order valence-electron chi connectivity index (χ3n) is 2.32. The van der Waals surface area contributed by atoms with Crippen molar-refractivity contribution >= 4 is 17.4 Å². The first-order valence-corrected chi connectivity index (χ1v) is 6.46. The van der Waals surface area contributed by atoms with Gasteiger partial charge in [0, 0.05) is 21.9 Å². The molecule has 0 radical (unpaired) electrons. The highest BCUT2D eigenvalue weighted by Gasteiger charge is 2.22. The molecule has 0 aliphatic heterocycles. The Morgan fingerprint density at radius 3 is 3.12 bits per heavy atom. The minimum Gasteiger partial charge on any atom is -0.335 e. The number of urea groups is 1. The van der Waals surface area contributed by atoms with Gasteiger partial charge in [-0.2, -0.15) is 0 Å². The molecule has 0 atom stereocenters. The predicted octanol–water partition coefficient (Wildman–Crippen LogP) is 1.02. The standard InChI is InChI=1S/C12H15N3OS/c13-5-1-2-9-6-11(17-8-9)7-14-12(16)15-10-3-4-10/h6,8,10H,3-5,7,13H2,(H2,14,15,16). The maximum Gasteiger partial charge on any atom is 0.315 e. The van der Waals surface area contributed by atoms with Crippen molar-refractivity contribution in [2.45, 2.75) is 25.4 Å². The van der Waals surface area contributed by atoms with Gasteiger partial charge in [0.1, 0.15) is 0 Å². The zero-order chi connectivity index (χ0) is 12.1. The largest absolute Gasteiger partial charge is 0.335 e. The molecule has 0 spiro atoms. The summed E-state index contributed by atoms with van der Waals surface area (Å²) in [6.07, 6.45) is 2.20. The topological polar surface area (TPSA) is 67.1 Å². The molecule has 4 N–H and O–H groups in total. The van der Waals surface area contributed by atoms with Gasteiger partial charge in [-0.1, -0.05) is 11.8 Å². The van der Waals surface area contributed by atoms with Gasteiger partial charge < -0.3 is 16.4 Å². The van der Waals surface area contributed by atoms with E-state index in [1.807, 2.05) is 11.4 Å². The number of amides is 2. The van der Waals surface area contributed by atoms with Gasteiger partial charge in [0.2, 0.25) is 0 Å². The second-order valence-corrected chi connectivity index (χ2v) is 4.90. The Hall–Kier alpha value is -1.51. The molecular formula is C12H15N3OS. The van der Waals surface area contributed by atoms with Crippen LogP contribution in [0.5, 0.6) is 0 Å². The first kappa shape index (κ1) is 12.0. The molecule has 4 nitrogen and oxygen atoms in total. The minimum atomic E-state index is -0.0875. The van der Waals surface area contributed by atoms with Crippen LogP contribution in [0.1, 0.15) is 23.3 Å². The van der Waals surface area contributed by atoms with Crippen molar-refractivity contribution in [1.82, 2.24) is 10.6 Å². The van der Waals surface area contributed by atoms with E-state index < -0.39 is 0 Å². The summed E-state index contributed by atoms with van der Waals surface area (Å²) in [5.41, 5.74) is 6.26. The summed E-state index contributed by atoms with van der Waals surface area (Å²) in [6.45, 7) is 0.917. The van der Waals surface area contributed by atoms with Crippen molar-refractivity contribution in [2.75, 3.05) is 6.54 Å².